The van der Waals surface area contributed by atoms with Gasteiger partial charge >= 0.3 is 7.12 Å². The van der Waals surface area contributed by atoms with E-state index in [1.165, 1.54) is 0 Å². The molecule has 0 bridgehead atoms. The molecule has 43 heavy (non-hydrogen) atoms. The van der Waals surface area contributed by atoms with Gasteiger partial charge in [-0.1, -0.05) is 60.7 Å². The number of nitriles is 2. The van der Waals surface area contributed by atoms with Gasteiger partial charge in [-0.25, -0.2) is 15.0 Å². The predicted octanol–water partition coefficient (Wildman–Crippen LogP) is 6.58. The zero-order chi connectivity index (χ0) is 30.2. The average Bonchev–Trinajstić information content (AvgIpc) is 3.27. The topological polar surface area (TPSA) is 105 Å². The van der Waals surface area contributed by atoms with Gasteiger partial charge in [0, 0.05) is 11.1 Å². The fraction of sp³-hybridized carbons (Fsp3) is 0.171. The standard InChI is InChI=1S/C35H28BN5O2/c1-34(2)35(3,4)43-36(42-34)33-40-31(29-9-5-7-27(19-29)25-15-11-23(21-37)12-16-25)39-32(41-33)30-10-6-8-28(20-30)26-17-13-24(22-38)14-18-26/h5-20H,1-4H3. The van der Waals surface area contributed by atoms with E-state index in [-0.39, 0.29) is 0 Å². The molecule has 208 valence electrons. The molecule has 1 aliphatic heterocycles. The van der Waals surface area contributed by atoms with Gasteiger partial charge in [0.25, 0.3) is 0 Å². The highest BCUT2D eigenvalue weighted by Gasteiger charge is 2.53. The monoisotopic (exact) mass is 561 g/mol. The quantitative estimate of drug-likeness (QED) is 0.223. The van der Waals surface area contributed by atoms with Crippen molar-refractivity contribution in [1.82, 2.24) is 15.0 Å². The predicted molar refractivity (Wildman–Crippen MR) is 167 cm³/mol. The summed E-state index contributed by atoms with van der Waals surface area (Å²) in [5, 5.41) is 18.4. The highest BCUT2D eigenvalue weighted by Crippen LogP contribution is 2.36. The molecular weight excluding hydrogens is 533 g/mol. The van der Waals surface area contributed by atoms with Crippen molar-refractivity contribution in [2.45, 2.75) is 38.9 Å². The van der Waals surface area contributed by atoms with Crippen molar-refractivity contribution < 1.29 is 9.31 Å². The lowest BCUT2D eigenvalue weighted by Crippen LogP contribution is -2.41. The summed E-state index contributed by atoms with van der Waals surface area (Å²) in [6, 6.07) is 35.2. The molecule has 5 aromatic rings. The fourth-order valence-electron chi connectivity index (χ4n) is 4.85. The molecule has 0 spiro atoms. The van der Waals surface area contributed by atoms with E-state index in [1.807, 2.05) is 100 Å². The van der Waals surface area contributed by atoms with Gasteiger partial charge in [0.1, 0.15) is 0 Å². The number of hydrogen-bond donors (Lipinski definition) is 0. The van der Waals surface area contributed by atoms with Crippen LogP contribution in [-0.4, -0.2) is 33.3 Å². The summed E-state index contributed by atoms with van der Waals surface area (Å²) in [6.07, 6.45) is 0. The second-order valence-corrected chi connectivity index (χ2v) is 11.5. The van der Waals surface area contributed by atoms with E-state index in [2.05, 4.69) is 12.1 Å². The minimum atomic E-state index is -0.770. The number of nitrogens with zero attached hydrogens (tertiary/aromatic N) is 5. The van der Waals surface area contributed by atoms with Gasteiger partial charge in [-0.3, -0.25) is 0 Å². The van der Waals surface area contributed by atoms with Crippen LogP contribution in [0.15, 0.2) is 97.1 Å². The summed E-state index contributed by atoms with van der Waals surface area (Å²) in [5.41, 5.74) is 6.03. The Labute approximate surface area is 251 Å². The molecule has 0 amide bonds. The van der Waals surface area contributed by atoms with Crippen LogP contribution in [0, 0.1) is 22.7 Å². The minimum absolute atomic E-state index is 0.395. The zero-order valence-electron chi connectivity index (χ0n) is 24.4. The second kappa shape index (κ2) is 10.9. The number of rotatable bonds is 5. The first-order valence-corrected chi connectivity index (χ1v) is 14.0. The molecule has 4 aromatic carbocycles. The third-order valence-electron chi connectivity index (χ3n) is 8.05. The van der Waals surface area contributed by atoms with Crippen molar-refractivity contribution in [1.29, 1.82) is 10.5 Å². The lowest BCUT2D eigenvalue weighted by molar-refractivity contribution is 0.00578. The Balaban J connectivity index is 1.45. The molecule has 0 radical (unpaired) electrons. The summed E-state index contributed by atoms with van der Waals surface area (Å²) in [7, 11) is -0.770. The first kappa shape index (κ1) is 28.0. The minimum Gasteiger partial charge on any atom is -0.397 e. The fourth-order valence-corrected chi connectivity index (χ4v) is 4.85. The van der Waals surface area contributed by atoms with Gasteiger partial charge in [-0.05, 0) is 86.3 Å². The average molecular weight is 561 g/mol. The number of aromatic nitrogens is 3. The number of hydrogen-bond acceptors (Lipinski definition) is 7. The van der Waals surface area contributed by atoms with Crippen molar-refractivity contribution in [3.63, 3.8) is 0 Å². The van der Waals surface area contributed by atoms with Gasteiger partial charge in [0.15, 0.2) is 17.4 Å². The van der Waals surface area contributed by atoms with Crippen LogP contribution in [-0.2, 0) is 9.31 Å². The molecule has 6 rings (SSSR count). The lowest BCUT2D eigenvalue weighted by atomic mass is 9.88. The molecule has 2 heterocycles. The molecule has 7 nitrogen and oxygen atoms in total. The Hall–Kier alpha value is -5.15. The molecule has 8 heteroatoms. The third-order valence-corrected chi connectivity index (χ3v) is 8.05. The van der Waals surface area contributed by atoms with Gasteiger partial charge in [-0.15, -0.1) is 0 Å². The van der Waals surface area contributed by atoms with E-state index in [1.54, 1.807) is 24.3 Å². The van der Waals surface area contributed by atoms with E-state index >= 15 is 0 Å². The third kappa shape index (κ3) is 5.55. The maximum atomic E-state index is 9.19. The second-order valence-electron chi connectivity index (χ2n) is 11.5. The highest BCUT2D eigenvalue weighted by atomic mass is 16.7. The Morgan fingerprint density at radius 2 is 0.930 bits per heavy atom. The highest BCUT2D eigenvalue weighted by molar-refractivity contribution is 6.60. The molecule has 1 aliphatic rings. The van der Waals surface area contributed by atoms with Crippen molar-refractivity contribution in [3.05, 3.63) is 108 Å². The SMILES string of the molecule is CC1(C)OB(c2nc(-c3cccc(-c4ccc(C#N)cc4)c3)nc(-c3cccc(-c4ccc(C#N)cc4)c3)n2)OC1(C)C. The first-order valence-electron chi connectivity index (χ1n) is 14.0. The van der Waals surface area contributed by atoms with Crippen molar-refractivity contribution >= 4 is 12.8 Å². The van der Waals surface area contributed by atoms with Crippen molar-refractivity contribution in [2.24, 2.45) is 0 Å². The maximum absolute atomic E-state index is 9.19. The first-order chi connectivity index (χ1) is 20.7. The van der Waals surface area contributed by atoms with Crippen LogP contribution < -0.4 is 5.72 Å². The molecule has 0 unspecified atom stereocenters. The van der Waals surface area contributed by atoms with Crippen LogP contribution in [0.25, 0.3) is 45.0 Å². The van der Waals surface area contributed by atoms with Crippen molar-refractivity contribution in [3.8, 4) is 57.2 Å². The molecule has 0 N–H and O–H groups in total. The smallest absolute Gasteiger partial charge is 0.397 e. The lowest BCUT2D eigenvalue weighted by Gasteiger charge is -2.32. The Morgan fingerprint density at radius 3 is 1.33 bits per heavy atom. The van der Waals surface area contributed by atoms with Gasteiger partial charge in [0.2, 0.25) is 0 Å². The Kier molecular flexibility index (Phi) is 7.11. The van der Waals surface area contributed by atoms with E-state index in [0.717, 1.165) is 33.4 Å². The maximum Gasteiger partial charge on any atom is 0.534 e. The summed E-state index contributed by atoms with van der Waals surface area (Å²) in [5.74, 6) is 0.989. The van der Waals surface area contributed by atoms with Gasteiger partial charge in [-0.2, -0.15) is 10.5 Å². The van der Waals surface area contributed by atoms with Crippen LogP contribution in [0.3, 0.4) is 0 Å². The molecule has 1 saturated heterocycles. The van der Waals surface area contributed by atoms with E-state index in [4.69, 9.17) is 24.3 Å². The number of benzene rings is 4. The Bertz CT molecular complexity index is 1770. The van der Waals surface area contributed by atoms with Gasteiger partial charge in [0.05, 0.1) is 34.5 Å². The van der Waals surface area contributed by atoms with Crippen LogP contribution >= 0.6 is 0 Å². The molecule has 0 saturated carbocycles. The largest absolute Gasteiger partial charge is 0.534 e. The molecule has 1 aromatic heterocycles. The van der Waals surface area contributed by atoms with E-state index in [9.17, 15) is 10.5 Å². The molecule has 0 atom stereocenters. The van der Waals surface area contributed by atoms with Crippen molar-refractivity contribution in [2.75, 3.05) is 0 Å². The molecular formula is C35H28BN5O2. The summed E-state index contributed by atoms with van der Waals surface area (Å²) in [6.45, 7) is 7.99. The summed E-state index contributed by atoms with van der Waals surface area (Å²) >= 11 is 0. The Morgan fingerprint density at radius 1 is 0.535 bits per heavy atom. The molecule has 1 fully saturated rings. The van der Waals surface area contributed by atoms with E-state index < -0.39 is 18.3 Å². The van der Waals surface area contributed by atoms with Crippen LogP contribution in [0.1, 0.15) is 38.8 Å². The zero-order valence-corrected chi connectivity index (χ0v) is 24.4. The van der Waals surface area contributed by atoms with Crippen LogP contribution in [0.5, 0.6) is 0 Å². The summed E-state index contributed by atoms with van der Waals surface area (Å²) in [4.78, 5) is 14.6. The molecule has 0 aliphatic carbocycles. The van der Waals surface area contributed by atoms with Crippen LogP contribution in [0.2, 0.25) is 0 Å². The summed E-state index contributed by atoms with van der Waals surface area (Å²) < 4.78 is 12.7. The van der Waals surface area contributed by atoms with E-state index in [0.29, 0.717) is 28.5 Å². The normalized spacial score (nSPS) is 15.1. The van der Waals surface area contributed by atoms with Crippen LogP contribution in [0.4, 0.5) is 0 Å². The van der Waals surface area contributed by atoms with Gasteiger partial charge < -0.3 is 9.31 Å².